The van der Waals surface area contributed by atoms with E-state index in [0.717, 1.165) is 0 Å². The minimum absolute atomic E-state index is 0.0478. The van der Waals surface area contributed by atoms with Crippen molar-refractivity contribution in [3.8, 4) is 11.1 Å². The Balaban J connectivity index is 2.26. The fourth-order valence-electron chi connectivity index (χ4n) is 3.16. The Hall–Kier alpha value is -2.61. The normalized spacial score (nSPS) is 15.1. The number of morpholine rings is 1. The summed E-state index contributed by atoms with van der Waals surface area (Å²) in [4.78, 5) is 17.0. The third-order valence-corrected chi connectivity index (χ3v) is 4.22. The van der Waals surface area contributed by atoms with Gasteiger partial charge in [-0.25, -0.2) is 0 Å². The number of nitrogens with zero attached hydrogens (tertiary/aromatic N) is 2. The van der Waals surface area contributed by atoms with Gasteiger partial charge >= 0.3 is 6.18 Å². The molecule has 8 heteroatoms. The van der Waals surface area contributed by atoms with Crippen LogP contribution in [0, 0.1) is 0 Å². The molecule has 1 fully saturated rings. The van der Waals surface area contributed by atoms with Crippen LogP contribution in [0.15, 0.2) is 36.7 Å². The highest BCUT2D eigenvalue weighted by molar-refractivity contribution is 5.84. The predicted molar refractivity (Wildman–Crippen MR) is 90.6 cm³/mol. The zero-order chi connectivity index (χ0) is 18.7. The van der Waals surface area contributed by atoms with Crippen LogP contribution in [0.2, 0.25) is 0 Å². The molecule has 2 N–H and O–H groups in total. The summed E-state index contributed by atoms with van der Waals surface area (Å²) in [6, 6.07) is 6.05. The van der Waals surface area contributed by atoms with Crippen molar-refractivity contribution in [1.82, 2.24) is 4.98 Å². The molecule has 138 valence electrons. The van der Waals surface area contributed by atoms with Crippen molar-refractivity contribution < 1.29 is 22.7 Å². The number of ether oxygens (including phenoxy) is 1. The second-order valence-corrected chi connectivity index (χ2v) is 5.98. The molecule has 26 heavy (non-hydrogen) atoms. The maximum Gasteiger partial charge on any atom is 0.419 e. The molecule has 2 heterocycles. The number of hydrogen-bond donors (Lipinski definition) is 1. The highest BCUT2D eigenvalue weighted by Crippen LogP contribution is 2.45. The molecule has 1 amide bonds. The van der Waals surface area contributed by atoms with Crippen molar-refractivity contribution in [2.75, 3.05) is 31.2 Å². The number of alkyl halides is 3. The van der Waals surface area contributed by atoms with E-state index in [-0.39, 0.29) is 23.2 Å². The molecule has 1 aromatic heterocycles. The number of carbonyl (C=O) groups is 1. The van der Waals surface area contributed by atoms with E-state index in [1.807, 2.05) is 0 Å². The van der Waals surface area contributed by atoms with E-state index in [9.17, 15) is 18.0 Å². The minimum atomic E-state index is -4.60. The highest BCUT2D eigenvalue weighted by Gasteiger charge is 2.39. The monoisotopic (exact) mass is 365 g/mol. The lowest BCUT2D eigenvalue weighted by Crippen LogP contribution is -2.37. The molecule has 0 spiro atoms. The van der Waals surface area contributed by atoms with Gasteiger partial charge in [-0.05, 0) is 17.7 Å². The fraction of sp³-hybridized carbons (Fsp3) is 0.333. The molecule has 0 saturated carbocycles. The molecule has 1 aromatic carbocycles. The third-order valence-electron chi connectivity index (χ3n) is 4.22. The van der Waals surface area contributed by atoms with E-state index < -0.39 is 17.6 Å². The number of rotatable bonds is 4. The molecule has 1 aliphatic rings. The number of nitrogens with two attached hydrogens (primary N) is 1. The number of amides is 1. The molecule has 0 atom stereocenters. The molecular weight excluding hydrogens is 347 g/mol. The fourth-order valence-corrected chi connectivity index (χ4v) is 3.16. The average molecular weight is 365 g/mol. The van der Waals surface area contributed by atoms with Crippen molar-refractivity contribution >= 4 is 11.6 Å². The van der Waals surface area contributed by atoms with E-state index in [1.54, 1.807) is 17.0 Å². The second-order valence-electron chi connectivity index (χ2n) is 5.98. The molecule has 0 radical (unpaired) electrons. The van der Waals surface area contributed by atoms with Crippen molar-refractivity contribution in [2.24, 2.45) is 5.73 Å². The third kappa shape index (κ3) is 3.80. The summed E-state index contributed by atoms with van der Waals surface area (Å²) in [7, 11) is 0. The lowest BCUT2D eigenvalue weighted by Gasteiger charge is -2.32. The molecule has 3 rings (SSSR count). The van der Waals surface area contributed by atoms with Crippen LogP contribution in [0.1, 0.15) is 11.1 Å². The van der Waals surface area contributed by atoms with Gasteiger partial charge in [0.1, 0.15) is 0 Å². The number of aromatic nitrogens is 1. The Labute approximate surface area is 148 Å². The summed E-state index contributed by atoms with van der Waals surface area (Å²) in [6.07, 6.45) is -2.04. The number of carbonyl (C=O) groups excluding carboxylic acids is 1. The summed E-state index contributed by atoms with van der Waals surface area (Å²) in [5, 5.41) is 0. The number of halogens is 3. The Kier molecular flexibility index (Phi) is 5.13. The van der Waals surface area contributed by atoms with E-state index in [0.29, 0.717) is 31.9 Å². The number of primary amides is 1. The quantitative estimate of drug-likeness (QED) is 0.904. The van der Waals surface area contributed by atoms with E-state index in [1.165, 1.54) is 24.5 Å². The Morgan fingerprint density at radius 2 is 1.96 bits per heavy atom. The van der Waals surface area contributed by atoms with Crippen LogP contribution in [-0.4, -0.2) is 37.2 Å². The van der Waals surface area contributed by atoms with Gasteiger partial charge in [-0.15, -0.1) is 0 Å². The van der Waals surface area contributed by atoms with Gasteiger partial charge in [0.05, 0.1) is 25.2 Å². The molecule has 1 aliphatic heterocycles. The van der Waals surface area contributed by atoms with Crippen LogP contribution in [0.5, 0.6) is 0 Å². The molecule has 0 bridgehead atoms. The average Bonchev–Trinajstić information content (AvgIpc) is 2.61. The van der Waals surface area contributed by atoms with Crippen LogP contribution >= 0.6 is 0 Å². The van der Waals surface area contributed by atoms with Crippen LogP contribution in [0.3, 0.4) is 0 Å². The van der Waals surface area contributed by atoms with Crippen molar-refractivity contribution in [2.45, 2.75) is 12.6 Å². The zero-order valence-corrected chi connectivity index (χ0v) is 13.9. The van der Waals surface area contributed by atoms with Gasteiger partial charge in [0.25, 0.3) is 0 Å². The summed E-state index contributed by atoms with van der Waals surface area (Å²) >= 11 is 0. The Bertz CT molecular complexity index is 788. The number of anilines is 1. The summed E-state index contributed by atoms with van der Waals surface area (Å²) in [6.45, 7) is 1.46. The Morgan fingerprint density at radius 1 is 1.23 bits per heavy atom. The highest BCUT2D eigenvalue weighted by atomic mass is 19.4. The summed E-state index contributed by atoms with van der Waals surface area (Å²) < 4.78 is 47.5. The number of hydrogen-bond acceptors (Lipinski definition) is 4. The molecule has 1 saturated heterocycles. The smallest absolute Gasteiger partial charge is 0.378 e. The summed E-state index contributed by atoms with van der Waals surface area (Å²) in [5.74, 6) is -0.692. The first kappa shape index (κ1) is 18.2. The maximum absolute atomic E-state index is 14.1. The van der Waals surface area contributed by atoms with E-state index in [2.05, 4.69) is 4.98 Å². The van der Waals surface area contributed by atoms with Gasteiger partial charge in [-0.2, -0.15) is 13.2 Å². The largest absolute Gasteiger partial charge is 0.419 e. The first-order valence-electron chi connectivity index (χ1n) is 8.12. The number of benzene rings is 1. The van der Waals surface area contributed by atoms with Crippen LogP contribution in [-0.2, 0) is 22.1 Å². The molecule has 2 aromatic rings. The first-order chi connectivity index (χ1) is 12.4. The lowest BCUT2D eigenvalue weighted by molar-refractivity contribution is -0.136. The van der Waals surface area contributed by atoms with Gasteiger partial charge in [-0.1, -0.05) is 12.1 Å². The zero-order valence-electron chi connectivity index (χ0n) is 13.9. The van der Waals surface area contributed by atoms with E-state index in [4.69, 9.17) is 10.5 Å². The topological polar surface area (TPSA) is 68.5 Å². The molecule has 5 nitrogen and oxygen atoms in total. The van der Waals surface area contributed by atoms with Gasteiger partial charge in [0.15, 0.2) is 0 Å². The van der Waals surface area contributed by atoms with Crippen molar-refractivity contribution in [3.63, 3.8) is 0 Å². The minimum Gasteiger partial charge on any atom is -0.378 e. The Morgan fingerprint density at radius 3 is 2.54 bits per heavy atom. The van der Waals surface area contributed by atoms with Crippen molar-refractivity contribution in [3.05, 3.63) is 47.8 Å². The van der Waals surface area contributed by atoms with Crippen molar-refractivity contribution in [1.29, 1.82) is 0 Å². The van der Waals surface area contributed by atoms with Crippen LogP contribution in [0.25, 0.3) is 11.1 Å². The second kappa shape index (κ2) is 7.33. The first-order valence-corrected chi connectivity index (χ1v) is 8.12. The van der Waals surface area contributed by atoms with Crippen LogP contribution < -0.4 is 10.6 Å². The SMILES string of the molecule is NC(=O)Cc1ccc(N2CCOCC2)c(C(F)(F)F)c1-c1cccnc1. The number of pyridine rings is 1. The standard InChI is InChI=1S/C18H18F3N3O2/c19-18(20,21)17-14(24-6-8-26-9-7-24)4-3-12(10-15(22)25)16(17)13-2-1-5-23-11-13/h1-5,11H,6-10H2,(H2,22,25). The predicted octanol–water partition coefficient (Wildman–Crippen LogP) is 2.63. The lowest BCUT2D eigenvalue weighted by atomic mass is 9.91. The summed E-state index contributed by atoms with van der Waals surface area (Å²) in [5.41, 5.74) is 5.03. The van der Waals surface area contributed by atoms with Crippen LogP contribution in [0.4, 0.5) is 18.9 Å². The van der Waals surface area contributed by atoms with Gasteiger partial charge < -0.3 is 15.4 Å². The molecular formula is C18H18F3N3O2. The molecule has 0 aliphatic carbocycles. The maximum atomic E-state index is 14.1. The van der Waals surface area contributed by atoms with Gasteiger partial charge in [-0.3, -0.25) is 9.78 Å². The van der Waals surface area contributed by atoms with Gasteiger partial charge in [0.2, 0.25) is 5.91 Å². The van der Waals surface area contributed by atoms with E-state index >= 15 is 0 Å². The molecule has 0 unspecified atom stereocenters. The van der Waals surface area contributed by atoms with Gasteiger partial charge in [0, 0.05) is 42.3 Å².